The molecule has 5 heteroatoms. The van der Waals surface area contributed by atoms with E-state index in [9.17, 15) is 9.59 Å². The van der Waals surface area contributed by atoms with Gasteiger partial charge in [-0.1, -0.05) is 6.92 Å². The predicted octanol–water partition coefficient (Wildman–Crippen LogP) is 1.80. The molecule has 0 aliphatic carbocycles. The lowest BCUT2D eigenvalue weighted by molar-refractivity contribution is -0.136. The molecule has 1 heterocycles. The first-order chi connectivity index (χ1) is 7.81. The Balaban J connectivity index is 2.57. The normalized spacial score (nSPS) is 25.3. The van der Waals surface area contributed by atoms with Crippen LogP contribution in [0.25, 0.3) is 0 Å². The standard InChI is InChI=1S/C12H21NO4/c1-9-5-10(16-8-14)7-13(6-9)11(15)17-12(2,3)4/h8-10H,5-7H2,1-4H3/t9-,10-/m1/s1. The second-order valence-electron chi connectivity index (χ2n) is 5.58. The number of carbonyl (C=O) groups is 2. The Morgan fingerprint density at radius 2 is 2.00 bits per heavy atom. The van der Waals surface area contributed by atoms with E-state index in [1.165, 1.54) is 0 Å². The van der Waals surface area contributed by atoms with Gasteiger partial charge >= 0.3 is 6.09 Å². The number of rotatable bonds is 2. The Morgan fingerprint density at radius 1 is 1.35 bits per heavy atom. The van der Waals surface area contributed by atoms with E-state index in [4.69, 9.17) is 9.47 Å². The van der Waals surface area contributed by atoms with E-state index in [1.54, 1.807) is 4.90 Å². The molecule has 17 heavy (non-hydrogen) atoms. The van der Waals surface area contributed by atoms with Crippen molar-refractivity contribution in [3.05, 3.63) is 0 Å². The molecule has 0 spiro atoms. The van der Waals surface area contributed by atoms with Gasteiger partial charge in [-0.05, 0) is 33.1 Å². The SMILES string of the molecule is C[C@@H]1C[C@@H](OC=O)CN(C(=O)OC(C)(C)C)C1. The van der Waals surface area contributed by atoms with Crippen molar-refractivity contribution in [2.45, 2.75) is 45.8 Å². The summed E-state index contributed by atoms with van der Waals surface area (Å²) in [6.07, 6.45) is 0.227. The lowest BCUT2D eigenvalue weighted by Crippen LogP contribution is -2.48. The van der Waals surface area contributed by atoms with Gasteiger partial charge in [-0.25, -0.2) is 4.79 Å². The molecule has 0 N–H and O–H groups in total. The molecule has 1 saturated heterocycles. The maximum Gasteiger partial charge on any atom is 0.410 e. The molecular weight excluding hydrogens is 222 g/mol. The minimum Gasteiger partial charge on any atom is -0.463 e. The minimum atomic E-state index is -0.501. The highest BCUT2D eigenvalue weighted by molar-refractivity contribution is 5.68. The maximum atomic E-state index is 11.9. The van der Waals surface area contributed by atoms with Gasteiger partial charge in [-0.3, -0.25) is 4.79 Å². The Bertz CT molecular complexity index is 285. The van der Waals surface area contributed by atoms with Crippen molar-refractivity contribution in [3.8, 4) is 0 Å². The Hall–Kier alpha value is -1.26. The molecule has 1 rings (SSSR count). The van der Waals surface area contributed by atoms with Crippen LogP contribution in [-0.4, -0.2) is 42.3 Å². The molecule has 0 bridgehead atoms. The van der Waals surface area contributed by atoms with Crippen LogP contribution in [0.4, 0.5) is 4.79 Å². The molecule has 0 aromatic heterocycles. The molecular formula is C12H21NO4. The molecule has 1 aliphatic heterocycles. The van der Waals surface area contributed by atoms with Crippen molar-refractivity contribution in [3.63, 3.8) is 0 Å². The van der Waals surface area contributed by atoms with Crippen molar-refractivity contribution in [1.29, 1.82) is 0 Å². The highest BCUT2D eigenvalue weighted by Gasteiger charge is 2.31. The molecule has 0 aromatic carbocycles. The largest absolute Gasteiger partial charge is 0.463 e. The van der Waals surface area contributed by atoms with E-state index in [0.29, 0.717) is 25.5 Å². The predicted molar refractivity (Wildman–Crippen MR) is 62.5 cm³/mol. The van der Waals surface area contributed by atoms with Crippen LogP contribution >= 0.6 is 0 Å². The third-order valence-electron chi connectivity index (χ3n) is 2.52. The first-order valence-electron chi connectivity index (χ1n) is 5.89. The van der Waals surface area contributed by atoms with Gasteiger partial charge in [0.1, 0.15) is 11.7 Å². The zero-order valence-corrected chi connectivity index (χ0v) is 10.9. The summed E-state index contributed by atoms with van der Waals surface area (Å²) in [7, 11) is 0. The second kappa shape index (κ2) is 5.38. The Labute approximate surface area is 102 Å². The first-order valence-corrected chi connectivity index (χ1v) is 5.89. The van der Waals surface area contributed by atoms with Gasteiger partial charge < -0.3 is 14.4 Å². The zero-order valence-electron chi connectivity index (χ0n) is 10.9. The fraction of sp³-hybridized carbons (Fsp3) is 0.833. The summed E-state index contributed by atoms with van der Waals surface area (Å²) in [5.74, 6) is 0.307. The van der Waals surface area contributed by atoms with E-state index in [1.807, 2.05) is 27.7 Å². The molecule has 1 aliphatic rings. The average Bonchev–Trinajstić information content (AvgIpc) is 2.14. The third kappa shape index (κ3) is 4.63. The number of hydrogen-bond donors (Lipinski definition) is 0. The molecule has 0 saturated carbocycles. The summed E-state index contributed by atoms with van der Waals surface area (Å²) in [6.45, 7) is 9.02. The molecule has 0 radical (unpaired) electrons. The van der Waals surface area contributed by atoms with Crippen LogP contribution in [-0.2, 0) is 14.3 Å². The fourth-order valence-electron chi connectivity index (χ4n) is 1.95. The first kappa shape index (κ1) is 13.8. The van der Waals surface area contributed by atoms with Gasteiger partial charge in [0.05, 0.1) is 6.54 Å². The van der Waals surface area contributed by atoms with Crippen molar-refractivity contribution >= 4 is 12.6 Å². The van der Waals surface area contributed by atoms with Gasteiger partial charge in [-0.2, -0.15) is 0 Å². The van der Waals surface area contributed by atoms with Crippen LogP contribution in [0.3, 0.4) is 0 Å². The third-order valence-corrected chi connectivity index (χ3v) is 2.52. The van der Waals surface area contributed by atoms with Crippen LogP contribution in [0.1, 0.15) is 34.1 Å². The number of carbonyl (C=O) groups excluding carboxylic acids is 2. The van der Waals surface area contributed by atoms with Gasteiger partial charge in [0.25, 0.3) is 6.47 Å². The van der Waals surface area contributed by atoms with Crippen LogP contribution in [0.5, 0.6) is 0 Å². The highest BCUT2D eigenvalue weighted by atomic mass is 16.6. The number of nitrogens with zero attached hydrogens (tertiary/aromatic N) is 1. The maximum absolute atomic E-state index is 11.9. The Morgan fingerprint density at radius 3 is 2.53 bits per heavy atom. The summed E-state index contributed by atoms with van der Waals surface area (Å²) in [6, 6.07) is 0. The fourth-order valence-corrected chi connectivity index (χ4v) is 1.95. The van der Waals surface area contributed by atoms with E-state index in [0.717, 1.165) is 6.42 Å². The minimum absolute atomic E-state index is 0.219. The van der Waals surface area contributed by atoms with Crippen LogP contribution in [0.15, 0.2) is 0 Å². The summed E-state index contributed by atoms with van der Waals surface area (Å²) in [4.78, 5) is 23.8. The molecule has 1 amide bonds. The number of hydrogen-bond acceptors (Lipinski definition) is 4. The highest BCUT2D eigenvalue weighted by Crippen LogP contribution is 2.20. The monoisotopic (exact) mass is 243 g/mol. The quantitative estimate of drug-likeness (QED) is 0.694. The number of ether oxygens (including phenoxy) is 2. The summed E-state index contributed by atoms with van der Waals surface area (Å²) in [5, 5.41) is 0. The van der Waals surface area contributed by atoms with Gasteiger partial charge in [-0.15, -0.1) is 0 Å². The Kier molecular flexibility index (Phi) is 4.37. The molecule has 2 atom stereocenters. The summed E-state index contributed by atoms with van der Waals surface area (Å²) >= 11 is 0. The lowest BCUT2D eigenvalue weighted by Gasteiger charge is -2.36. The molecule has 5 nitrogen and oxygen atoms in total. The van der Waals surface area contributed by atoms with E-state index >= 15 is 0 Å². The molecule has 0 aromatic rings. The molecule has 0 unspecified atom stereocenters. The number of piperidine rings is 1. The van der Waals surface area contributed by atoms with Crippen molar-refractivity contribution in [2.75, 3.05) is 13.1 Å². The van der Waals surface area contributed by atoms with E-state index < -0.39 is 5.60 Å². The summed E-state index contributed by atoms with van der Waals surface area (Å²) < 4.78 is 10.2. The van der Waals surface area contributed by atoms with Gasteiger partial charge in [0.2, 0.25) is 0 Å². The summed E-state index contributed by atoms with van der Waals surface area (Å²) in [5.41, 5.74) is -0.501. The topological polar surface area (TPSA) is 55.8 Å². The number of amides is 1. The average molecular weight is 243 g/mol. The van der Waals surface area contributed by atoms with Crippen LogP contribution in [0, 0.1) is 5.92 Å². The molecule has 1 fully saturated rings. The van der Waals surface area contributed by atoms with Crippen LogP contribution < -0.4 is 0 Å². The van der Waals surface area contributed by atoms with Crippen LogP contribution in [0.2, 0.25) is 0 Å². The smallest absolute Gasteiger partial charge is 0.410 e. The molecule has 98 valence electrons. The van der Waals surface area contributed by atoms with Crippen molar-refractivity contribution in [2.24, 2.45) is 5.92 Å². The zero-order chi connectivity index (χ0) is 13.1. The van der Waals surface area contributed by atoms with Crippen molar-refractivity contribution in [1.82, 2.24) is 4.90 Å². The van der Waals surface area contributed by atoms with Crippen molar-refractivity contribution < 1.29 is 19.1 Å². The van der Waals surface area contributed by atoms with E-state index in [-0.39, 0.29) is 12.2 Å². The second-order valence-corrected chi connectivity index (χ2v) is 5.58. The van der Waals surface area contributed by atoms with E-state index in [2.05, 4.69) is 0 Å². The lowest BCUT2D eigenvalue weighted by atomic mass is 9.98. The van der Waals surface area contributed by atoms with Gasteiger partial charge in [0.15, 0.2) is 0 Å². The number of likely N-dealkylation sites (tertiary alicyclic amines) is 1. The van der Waals surface area contributed by atoms with Gasteiger partial charge in [0, 0.05) is 6.54 Å².